The van der Waals surface area contributed by atoms with Crippen LogP contribution in [0.2, 0.25) is 0 Å². The molecule has 0 heterocycles. The van der Waals surface area contributed by atoms with Crippen LogP contribution >= 0.6 is 0 Å². The minimum Gasteiger partial charge on any atom is -0.460 e. The van der Waals surface area contributed by atoms with E-state index < -0.39 is 17.8 Å². The number of fused-ring (bicyclic) bond motifs is 1. The van der Waals surface area contributed by atoms with E-state index in [2.05, 4.69) is 26.0 Å². The topological polar surface area (TPSA) is 72.8 Å². The molecule has 2 aliphatic rings. The maximum absolute atomic E-state index is 12.0. The predicted octanol–water partition coefficient (Wildman–Crippen LogP) is 4.59. The number of aliphatic hydroxyl groups is 1. The van der Waals surface area contributed by atoms with Crippen LogP contribution in [0.1, 0.15) is 74.1 Å². The first-order valence-electron chi connectivity index (χ1n) is 10.8. The highest BCUT2D eigenvalue weighted by Gasteiger charge is 2.54. The van der Waals surface area contributed by atoms with Gasteiger partial charge in [0.15, 0.2) is 0 Å². The van der Waals surface area contributed by atoms with E-state index in [9.17, 15) is 14.7 Å². The van der Waals surface area contributed by atoms with Crippen molar-refractivity contribution in [2.75, 3.05) is 0 Å². The van der Waals surface area contributed by atoms with Gasteiger partial charge in [0.05, 0.1) is 6.10 Å². The molecule has 0 saturated heterocycles. The number of hydrogen-bond donors (Lipinski definition) is 1. The fourth-order valence-electron chi connectivity index (χ4n) is 5.20. The van der Waals surface area contributed by atoms with E-state index >= 15 is 0 Å². The molecule has 1 N–H and O–H groups in total. The minimum absolute atomic E-state index is 0.0163. The Morgan fingerprint density at radius 3 is 2.41 bits per heavy atom. The summed E-state index contributed by atoms with van der Waals surface area (Å²) in [5.74, 6) is -0.359. The van der Waals surface area contributed by atoms with Gasteiger partial charge in [-0.3, -0.25) is 9.59 Å². The minimum atomic E-state index is -0.688. The second kappa shape index (κ2) is 9.03. The van der Waals surface area contributed by atoms with Crippen molar-refractivity contribution in [3.05, 3.63) is 23.8 Å². The standard InChI is InChI=1S/C24H38O5/c1-15-8-9-20(27)16(2)14-21(28-17(3)25)22-19(23(5,6)29-18(4)26)11-13-24(22,7)12-10-15/h10,12,14-15,19-22,27H,8-9,11,13H2,1-7H3. The highest BCUT2D eigenvalue weighted by Crippen LogP contribution is 2.55. The van der Waals surface area contributed by atoms with Crippen molar-refractivity contribution in [3.63, 3.8) is 0 Å². The average Bonchev–Trinajstić information content (AvgIpc) is 2.93. The number of ether oxygens (including phenoxy) is 2. The Bertz CT molecular complexity index is 677. The lowest BCUT2D eigenvalue weighted by molar-refractivity contribution is -0.166. The van der Waals surface area contributed by atoms with E-state index in [-0.39, 0.29) is 29.2 Å². The number of hydrogen-bond acceptors (Lipinski definition) is 5. The van der Waals surface area contributed by atoms with E-state index in [0.29, 0.717) is 12.3 Å². The number of aliphatic hydroxyl groups excluding tert-OH is 1. The molecule has 0 amide bonds. The second-order valence-electron chi connectivity index (χ2n) is 9.79. The molecule has 0 aliphatic heterocycles. The molecular weight excluding hydrogens is 368 g/mol. The number of rotatable bonds is 3. The molecule has 6 unspecified atom stereocenters. The fourth-order valence-corrected chi connectivity index (χ4v) is 5.20. The first-order chi connectivity index (χ1) is 13.4. The molecule has 1 fully saturated rings. The van der Waals surface area contributed by atoms with Crippen LogP contribution in [0.15, 0.2) is 23.8 Å². The lowest BCUT2D eigenvalue weighted by Crippen LogP contribution is -2.46. The molecule has 2 aliphatic carbocycles. The van der Waals surface area contributed by atoms with Gasteiger partial charge in [0, 0.05) is 25.7 Å². The molecule has 5 heteroatoms. The van der Waals surface area contributed by atoms with Crippen LogP contribution in [-0.2, 0) is 19.1 Å². The van der Waals surface area contributed by atoms with Gasteiger partial charge in [-0.1, -0.05) is 26.0 Å². The van der Waals surface area contributed by atoms with Crippen LogP contribution in [0, 0.1) is 23.2 Å². The zero-order chi connectivity index (χ0) is 22.0. The molecule has 0 aromatic rings. The molecule has 0 aromatic heterocycles. The molecule has 2 rings (SSSR count). The summed E-state index contributed by atoms with van der Waals surface area (Å²) in [7, 11) is 0. The Labute approximate surface area is 175 Å². The second-order valence-corrected chi connectivity index (χ2v) is 9.79. The monoisotopic (exact) mass is 406 g/mol. The molecule has 29 heavy (non-hydrogen) atoms. The van der Waals surface area contributed by atoms with Gasteiger partial charge in [0.1, 0.15) is 11.7 Å². The lowest BCUT2D eigenvalue weighted by Gasteiger charge is -2.42. The van der Waals surface area contributed by atoms with Crippen molar-refractivity contribution in [1.29, 1.82) is 0 Å². The zero-order valence-electron chi connectivity index (χ0n) is 19.0. The molecule has 0 bridgehead atoms. The van der Waals surface area contributed by atoms with Crippen molar-refractivity contribution in [2.45, 2.75) is 92.0 Å². The molecule has 0 aromatic carbocycles. The molecular formula is C24H38O5. The summed E-state index contributed by atoms with van der Waals surface area (Å²) in [6, 6.07) is 0. The molecule has 0 spiro atoms. The van der Waals surface area contributed by atoms with Gasteiger partial charge in [0.25, 0.3) is 0 Å². The highest BCUT2D eigenvalue weighted by molar-refractivity contribution is 5.67. The summed E-state index contributed by atoms with van der Waals surface area (Å²) in [5, 5.41) is 10.6. The summed E-state index contributed by atoms with van der Waals surface area (Å²) in [6.07, 6.45) is 8.71. The van der Waals surface area contributed by atoms with Crippen LogP contribution < -0.4 is 0 Å². The maximum Gasteiger partial charge on any atom is 0.303 e. The van der Waals surface area contributed by atoms with Crippen LogP contribution in [0.5, 0.6) is 0 Å². The Morgan fingerprint density at radius 1 is 1.17 bits per heavy atom. The third-order valence-electron chi connectivity index (χ3n) is 6.80. The predicted molar refractivity (Wildman–Crippen MR) is 113 cm³/mol. The Morgan fingerprint density at radius 2 is 1.83 bits per heavy atom. The zero-order valence-corrected chi connectivity index (χ0v) is 19.0. The number of carbonyl (C=O) groups excluding carboxylic acids is 2. The summed E-state index contributed by atoms with van der Waals surface area (Å²) in [6.45, 7) is 13.0. The van der Waals surface area contributed by atoms with Crippen LogP contribution in [0.4, 0.5) is 0 Å². The van der Waals surface area contributed by atoms with Crippen molar-refractivity contribution in [1.82, 2.24) is 0 Å². The third-order valence-corrected chi connectivity index (χ3v) is 6.80. The summed E-state index contributed by atoms with van der Waals surface area (Å²) >= 11 is 0. The molecule has 0 radical (unpaired) electrons. The number of allylic oxidation sites excluding steroid dienone is 2. The number of carbonyl (C=O) groups is 2. The maximum atomic E-state index is 12.0. The van der Waals surface area contributed by atoms with Crippen molar-refractivity contribution >= 4 is 11.9 Å². The smallest absolute Gasteiger partial charge is 0.303 e. The first kappa shape index (κ1) is 23.7. The summed E-state index contributed by atoms with van der Waals surface area (Å²) in [4.78, 5) is 23.7. The van der Waals surface area contributed by atoms with Gasteiger partial charge in [-0.05, 0) is 69.4 Å². The average molecular weight is 407 g/mol. The van der Waals surface area contributed by atoms with E-state index in [1.54, 1.807) is 0 Å². The molecule has 5 nitrogen and oxygen atoms in total. The fraction of sp³-hybridized carbons (Fsp3) is 0.750. The Balaban J connectivity index is 2.59. The van der Waals surface area contributed by atoms with E-state index in [0.717, 1.165) is 24.8 Å². The number of esters is 2. The Hall–Kier alpha value is -1.62. The van der Waals surface area contributed by atoms with Gasteiger partial charge in [0.2, 0.25) is 0 Å². The van der Waals surface area contributed by atoms with Crippen LogP contribution in [0.3, 0.4) is 0 Å². The van der Waals surface area contributed by atoms with Crippen molar-refractivity contribution < 1.29 is 24.2 Å². The van der Waals surface area contributed by atoms with Gasteiger partial charge in [-0.15, -0.1) is 0 Å². The first-order valence-corrected chi connectivity index (χ1v) is 10.8. The Kier molecular flexibility index (Phi) is 7.37. The normalized spacial score (nSPS) is 35.9. The third kappa shape index (κ3) is 5.71. The molecule has 1 saturated carbocycles. The van der Waals surface area contributed by atoms with Gasteiger partial charge in [-0.25, -0.2) is 0 Å². The summed E-state index contributed by atoms with van der Waals surface area (Å²) in [5.41, 5.74) is -0.0708. The van der Waals surface area contributed by atoms with Crippen LogP contribution in [0.25, 0.3) is 0 Å². The highest BCUT2D eigenvalue weighted by atomic mass is 16.6. The van der Waals surface area contributed by atoms with E-state index in [4.69, 9.17) is 9.47 Å². The van der Waals surface area contributed by atoms with Crippen LogP contribution in [-0.4, -0.2) is 34.9 Å². The molecule has 6 atom stereocenters. The quantitative estimate of drug-likeness (QED) is 0.548. The van der Waals surface area contributed by atoms with E-state index in [1.807, 2.05) is 26.8 Å². The largest absolute Gasteiger partial charge is 0.460 e. The SMILES string of the molecule is CC(=O)OC1C=C(C)C(O)CCC(C)C=CC2(C)CCC(C(C)(C)OC(C)=O)C12. The van der Waals surface area contributed by atoms with Gasteiger partial charge >= 0.3 is 11.9 Å². The molecule has 164 valence electrons. The summed E-state index contributed by atoms with van der Waals surface area (Å²) < 4.78 is 11.5. The van der Waals surface area contributed by atoms with Gasteiger partial charge in [-0.2, -0.15) is 0 Å². The van der Waals surface area contributed by atoms with E-state index in [1.165, 1.54) is 13.8 Å². The lowest BCUT2D eigenvalue weighted by atomic mass is 9.69. The van der Waals surface area contributed by atoms with Gasteiger partial charge < -0.3 is 14.6 Å². The van der Waals surface area contributed by atoms with Crippen molar-refractivity contribution in [3.8, 4) is 0 Å². The van der Waals surface area contributed by atoms with Crippen molar-refractivity contribution in [2.24, 2.45) is 23.2 Å².